The first kappa shape index (κ1) is 27.6. The van der Waals surface area contributed by atoms with Crippen molar-refractivity contribution in [1.29, 1.82) is 0 Å². The normalized spacial score (nSPS) is 10.9. The van der Waals surface area contributed by atoms with Gasteiger partial charge in [-0.1, -0.05) is 36.4 Å². The van der Waals surface area contributed by atoms with E-state index in [1.165, 1.54) is 0 Å². The number of unbranched alkanes of at least 4 members (excludes halogenated alkanes) is 1. The number of esters is 1. The number of quaternary nitrogens is 1. The lowest BCUT2D eigenvalue weighted by Gasteiger charge is -2.23. The van der Waals surface area contributed by atoms with Crippen LogP contribution < -0.4 is 33.5 Å². The molecule has 0 unspecified atom stereocenters. The molecule has 0 aliphatic carbocycles. The molecule has 0 spiro atoms. The molecule has 6 nitrogen and oxygen atoms in total. The van der Waals surface area contributed by atoms with Gasteiger partial charge in [-0.2, -0.15) is 0 Å². The van der Waals surface area contributed by atoms with Crippen LogP contribution in [0.5, 0.6) is 11.5 Å². The summed E-state index contributed by atoms with van der Waals surface area (Å²) in [7, 11) is 5.98. The van der Waals surface area contributed by atoms with E-state index in [1.54, 1.807) is 24.3 Å². The number of ether oxygens (including phenoxy) is 3. The number of likely N-dealkylation sites (N-methyl/N-ethyl adjacent to an activating group) is 1. The average Bonchev–Trinajstić information content (AvgIpc) is 2.80. The number of hydrogen-bond acceptors (Lipinski definition) is 5. The summed E-state index contributed by atoms with van der Waals surface area (Å²) in [5.74, 6) is 0.0713. The third-order valence-electron chi connectivity index (χ3n) is 5.11. The molecular formula is C27H32INO5. The number of fused-ring (bicyclic) bond motifs is 1. The smallest absolute Gasteiger partial charge is 0.379 e. The second-order valence-electron chi connectivity index (χ2n) is 8.88. The maximum Gasteiger partial charge on any atom is 0.379 e. The molecule has 0 aliphatic rings. The maximum absolute atomic E-state index is 12.2. The van der Waals surface area contributed by atoms with Gasteiger partial charge in [0.2, 0.25) is 0 Å². The van der Waals surface area contributed by atoms with E-state index in [9.17, 15) is 9.59 Å². The van der Waals surface area contributed by atoms with Crippen molar-refractivity contribution >= 4 is 22.5 Å². The summed E-state index contributed by atoms with van der Waals surface area (Å²) in [4.78, 5) is 24.1. The average molecular weight is 577 g/mol. The second kappa shape index (κ2) is 13.3. The Morgan fingerprint density at radius 2 is 1.41 bits per heavy atom. The van der Waals surface area contributed by atoms with Crippen LogP contribution in [-0.4, -0.2) is 63.7 Å². The number of ketones is 1. The van der Waals surface area contributed by atoms with Crippen LogP contribution in [-0.2, 0) is 9.53 Å². The van der Waals surface area contributed by atoms with Crippen molar-refractivity contribution in [3.63, 3.8) is 0 Å². The molecule has 3 aromatic carbocycles. The molecule has 0 aromatic heterocycles. The second-order valence-corrected chi connectivity index (χ2v) is 8.88. The fraction of sp³-hybridized carbons (Fsp3) is 0.333. The van der Waals surface area contributed by atoms with Crippen LogP contribution in [0.1, 0.15) is 23.2 Å². The zero-order valence-electron chi connectivity index (χ0n) is 20.0. The molecule has 0 aliphatic heterocycles. The van der Waals surface area contributed by atoms with Crippen LogP contribution in [0.25, 0.3) is 10.8 Å². The highest BCUT2D eigenvalue weighted by Crippen LogP contribution is 2.25. The predicted octanol–water partition coefficient (Wildman–Crippen LogP) is 1.51. The van der Waals surface area contributed by atoms with Crippen LogP contribution in [0.3, 0.4) is 0 Å². The summed E-state index contributed by atoms with van der Waals surface area (Å²) in [5, 5.41) is 2.28. The van der Waals surface area contributed by atoms with Gasteiger partial charge in [-0.15, -0.1) is 0 Å². The minimum atomic E-state index is -0.830. The van der Waals surface area contributed by atoms with Crippen molar-refractivity contribution in [3.8, 4) is 11.5 Å². The lowest BCUT2D eigenvalue weighted by Crippen LogP contribution is -3.00. The molecule has 0 atom stereocenters. The number of benzene rings is 3. The first-order valence-electron chi connectivity index (χ1n) is 11.2. The molecule has 0 saturated carbocycles. The van der Waals surface area contributed by atoms with Gasteiger partial charge in [0.15, 0.2) is 0 Å². The summed E-state index contributed by atoms with van der Waals surface area (Å²) in [6.07, 6.45) is 1.70. The van der Waals surface area contributed by atoms with E-state index in [2.05, 4.69) is 18.2 Å². The van der Waals surface area contributed by atoms with Crippen molar-refractivity contribution in [1.82, 2.24) is 0 Å². The molecule has 0 radical (unpaired) electrons. The van der Waals surface area contributed by atoms with E-state index in [4.69, 9.17) is 14.2 Å². The molecule has 34 heavy (non-hydrogen) atoms. The van der Waals surface area contributed by atoms with E-state index in [0.717, 1.165) is 29.4 Å². The number of Topliss-reactive ketones (excluding diaryl/α,β-unsaturated/α-hetero) is 1. The Morgan fingerprint density at radius 3 is 2.12 bits per heavy atom. The number of halogens is 1. The lowest BCUT2D eigenvalue weighted by atomic mass is 10.1. The minimum Gasteiger partial charge on any atom is -1.00 e. The monoisotopic (exact) mass is 577 g/mol. The molecule has 3 rings (SSSR count). The molecule has 7 heteroatoms. The number of carbonyl (C=O) groups is 2. The van der Waals surface area contributed by atoms with Crippen molar-refractivity contribution in [2.24, 2.45) is 0 Å². The van der Waals surface area contributed by atoms with Crippen molar-refractivity contribution in [3.05, 3.63) is 72.3 Å². The lowest BCUT2D eigenvalue weighted by molar-refractivity contribution is -0.870. The van der Waals surface area contributed by atoms with Crippen LogP contribution in [0, 0.1) is 0 Å². The SMILES string of the molecule is C[N+](C)(C)CCOC(=O)C(=O)c1ccc(OCCCCOc2cccc3ccccc23)cc1.[I-]. The van der Waals surface area contributed by atoms with E-state index in [1.807, 2.05) is 45.4 Å². The van der Waals surface area contributed by atoms with Crippen molar-refractivity contribution < 1.29 is 52.3 Å². The van der Waals surface area contributed by atoms with E-state index < -0.39 is 11.8 Å². The maximum atomic E-state index is 12.2. The predicted molar refractivity (Wildman–Crippen MR) is 129 cm³/mol. The van der Waals surface area contributed by atoms with Crippen molar-refractivity contribution in [2.75, 3.05) is 47.5 Å². The van der Waals surface area contributed by atoms with Crippen LogP contribution in [0.15, 0.2) is 66.7 Å². The van der Waals surface area contributed by atoms with Gasteiger partial charge in [0.25, 0.3) is 5.78 Å². The number of rotatable bonds is 12. The van der Waals surface area contributed by atoms with Gasteiger partial charge in [0.05, 0.1) is 34.4 Å². The quantitative estimate of drug-likeness (QED) is 0.0817. The summed E-state index contributed by atoms with van der Waals surface area (Å²) in [5.41, 5.74) is 0.293. The molecule has 0 fully saturated rings. The van der Waals surface area contributed by atoms with Gasteiger partial charge in [-0.25, -0.2) is 4.79 Å². The number of nitrogens with zero attached hydrogens (tertiary/aromatic N) is 1. The zero-order chi connectivity index (χ0) is 23.7. The van der Waals surface area contributed by atoms with Crippen LogP contribution >= 0.6 is 0 Å². The Morgan fingerprint density at radius 1 is 0.765 bits per heavy atom. The van der Waals surface area contributed by atoms with E-state index in [-0.39, 0.29) is 30.6 Å². The Bertz CT molecular complexity index is 1070. The highest BCUT2D eigenvalue weighted by atomic mass is 127. The van der Waals surface area contributed by atoms with Gasteiger partial charge in [-0.3, -0.25) is 4.79 Å². The first-order valence-corrected chi connectivity index (χ1v) is 11.2. The molecule has 182 valence electrons. The largest absolute Gasteiger partial charge is 1.00 e. The fourth-order valence-corrected chi connectivity index (χ4v) is 3.20. The Kier molecular flexibility index (Phi) is 10.8. The molecule has 0 amide bonds. The van der Waals surface area contributed by atoms with Gasteiger partial charge < -0.3 is 42.7 Å². The Hall–Kier alpha value is -2.65. The molecule has 0 N–H and O–H groups in total. The summed E-state index contributed by atoms with van der Waals surface area (Å²) < 4.78 is 17.4. The van der Waals surface area contributed by atoms with Gasteiger partial charge >= 0.3 is 5.97 Å². The molecule has 3 aromatic rings. The topological polar surface area (TPSA) is 61.8 Å². The Labute approximate surface area is 218 Å². The molecule has 0 heterocycles. The summed E-state index contributed by atoms with van der Waals surface area (Å²) >= 11 is 0. The van der Waals surface area contributed by atoms with Crippen LogP contribution in [0.4, 0.5) is 0 Å². The molecule has 0 bridgehead atoms. The highest BCUT2D eigenvalue weighted by molar-refractivity contribution is 6.40. The number of hydrogen-bond donors (Lipinski definition) is 0. The van der Waals surface area contributed by atoms with Gasteiger partial charge in [0, 0.05) is 10.9 Å². The molecule has 0 saturated heterocycles. The van der Waals surface area contributed by atoms with Gasteiger partial charge in [-0.05, 0) is 48.6 Å². The first-order chi connectivity index (χ1) is 15.8. The van der Waals surface area contributed by atoms with E-state index >= 15 is 0 Å². The highest BCUT2D eigenvalue weighted by Gasteiger charge is 2.19. The Balaban J connectivity index is 0.00000408. The standard InChI is InChI=1S/C27H32NO5.HI/c1-28(2,3)17-20-33-27(30)26(29)22-13-15-23(16-14-22)31-18-6-7-19-32-25-12-8-10-21-9-4-5-11-24(21)25;/h4-5,8-16H,6-7,17-20H2,1-3H3;1H/q+1;/p-1. The molecular weight excluding hydrogens is 545 g/mol. The summed E-state index contributed by atoms with van der Waals surface area (Å²) in [6, 6.07) is 20.8. The van der Waals surface area contributed by atoms with Crippen molar-refractivity contribution in [2.45, 2.75) is 12.8 Å². The number of carbonyl (C=O) groups excluding carboxylic acids is 2. The summed E-state index contributed by atoms with van der Waals surface area (Å²) in [6.45, 7) is 2.00. The van der Waals surface area contributed by atoms with Crippen LogP contribution in [0.2, 0.25) is 0 Å². The van der Waals surface area contributed by atoms with E-state index in [0.29, 0.717) is 35.6 Å². The van der Waals surface area contributed by atoms with Gasteiger partial charge in [0.1, 0.15) is 24.7 Å². The third-order valence-corrected chi connectivity index (χ3v) is 5.11. The minimum absolute atomic E-state index is 0. The zero-order valence-corrected chi connectivity index (χ0v) is 22.1. The fourth-order valence-electron chi connectivity index (χ4n) is 3.20. The third kappa shape index (κ3) is 8.61.